The second-order valence-electron chi connectivity index (χ2n) is 18.1. The molecule has 4 N–H and O–H groups in total. The molecule has 6 unspecified atom stereocenters. The Bertz CT molecular complexity index is 1210. The van der Waals surface area contributed by atoms with Crippen molar-refractivity contribution < 1.29 is 56.2 Å². The molecule has 378 valence electrons. The smallest absolute Gasteiger partial charge is 0.397 e. The second-order valence-corrected chi connectivity index (χ2v) is 19.2. The lowest BCUT2D eigenvalue weighted by Crippen LogP contribution is -2.60. The molecule has 1 aliphatic rings. The molecule has 1 fully saturated rings. The molecule has 1 saturated heterocycles. The fourth-order valence-corrected chi connectivity index (χ4v) is 8.62. The summed E-state index contributed by atoms with van der Waals surface area (Å²) in [6, 6.07) is 0. The molecular formula is C51H96O12S. The van der Waals surface area contributed by atoms with Crippen LogP contribution < -0.4 is 0 Å². The van der Waals surface area contributed by atoms with Gasteiger partial charge >= 0.3 is 16.4 Å². The highest BCUT2D eigenvalue weighted by Gasteiger charge is 2.48. The molecule has 1 heterocycles. The summed E-state index contributed by atoms with van der Waals surface area (Å²) in [4.78, 5) is 12.8. The van der Waals surface area contributed by atoms with Crippen molar-refractivity contribution >= 4 is 16.4 Å². The lowest BCUT2D eigenvalue weighted by atomic mass is 9.99. The first-order valence-electron chi connectivity index (χ1n) is 26.1. The normalized spacial score (nSPS) is 19.9. The summed E-state index contributed by atoms with van der Waals surface area (Å²) in [6.07, 6.45) is 40.8. The highest BCUT2D eigenvalue weighted by molar-refractivity contribution is 7.80. The van der Waals surface area contributed by atoms with Crippen molar-refractivity contribution in [3.8, 4) is 0 Å². The lowest BCUT2D eigenvalue weighted by Gasteiger charge is -2.41. The van der Waals surface area contributed by atoms with Gasteiger partial charge in [0, 0.05) is 13.0 Å². The van der Waals surface area contributed by atoms with Crippen LogP contribution in [0.2, 0.25) is 0 Å². The van der Waals surface area contributed by atoms with E-state index in [1.807, 2.05) is 0 Å². The molecule has 0 radical (unpaired) electrons. The van der Waals surface area contributed by atoms with Crippen molar-refractivity contribution in [3.05, 3.63) is 24.3 Å². The summed E-state index contributed by atoms with van der Waals surface area (Å²) in [5.41, 5.74) is 0. The summed E-state index contributed by atoms with van der Waals surface area (Å²) in [5, 5.41) is 30.7. The topological polar surface area (TPSA) is 178 Å². The van der Waals surface area contributed by atoms with Crippen LogP contribution >= 0.6 is 0 Å². The number of unbranched alkanes of at least 4 members (excludes halogenated alkanes) is 29. The fourth-order valence-electron chi connectivity index (χ4n) is 8.12. The number of ether oxygens (including phenoxy) is 4. The van der Waals surface area contributed by atoms with Crippen LogP contribution in [-0.2, 0) is 38.3 Å². The Kier molecular flexibility index (Phi) is 40.6. The Balaban J connectivity index is 2.26. The predicted octanol–water partition coefficient (Wildman–Crippen LogP) is 12.0. The maximum atomic E-state index is 12.8. The summed E-state index contributed by atoms with van der Waals surface area (Å²) in [5.74, 6) is -0.397. The highest BCUT2D eigenvalue weighted by Crippen LogP contribution is 2.26. The second kappa shape index (κ2) is 42.9. The predicted molar refractivity (Wildman–Crippen MR) is 257 cm³/mol. The van der Waals surface area contributed by atoms with Gasteiger partial charge in [0.2, 0.25) is 0 Å². The monoisotopic (exact) mass is 933 g/mol. The number of aliphatic hydroxyl groups is 3. The lowest BCUT2D eigenvalue weighted by molar-refractivity contribution is -0.301. The van der Waals surface area contributed by atoms with Crippen LogP contribution in [0.5, 0.6) is 0 Å². The number of allylic oxidation sites excluding steroid dienone is 4. The summed E-state index contributed by atoms with van der Waals surface area (Å²) in [7, 11) is -5.06. The van der Waals surface area contributed by atoms with Gasteiger partial charge in [-0.05, 0) is 44.9 Å². The highest BCUT2D eigenvalue weighted by atomic mass is 32.3. The first-order valence-corrected chi connectivity index (χ1v) is 27.5. The van der Waals surface area contributed by atoms with E-state index in [0.717, 1.165) is 44.9 Å². The van der Waals surface area contributed by atoms with E-state index in [1.54, 1.807) is 0 Å². The van der Waals surface area contributed by atoms with Crippen LogP contribution in [0, 0.1) is 0 Å². The van der Waals surface area contributed by atoms with E-state index in [-0.39, 0.29) is 19.6 Å². The van der Waals surface area contributed by atoms with Crippen molar-refractivity contribution in [2.45, 2.75) is 269 Å². The molecular weight excluding hydrogens is 837 g/mol. The van der Waals surface area contributed by atoms with E-state index in [9.17, 15) is 33.1 Å². The van der Waals surface area contributed by atoms with Crippen molar-refractivity contribution in [2.75, 3.05) is 26.4 Å². The number of rotatable bonds is 46. The van der Waals surface area contributed by atoms with Gasteiger partial charge in [-0.3, -0.25) is 9.35 Å². The van der Waals surface area contributed by atoms with E-state index in [2.05, 4.69) is 42.3 Å². The first kappa shape index (κ1) is 60.6. The standard InChI is InChI=1S/C51H96O12S/c1-3-5-7-9-11-13-15-16-17-18-19-20-21-22-23-24-25-26-27-28-29-31-33-35-37-39-41-59-43-45(61-47(53)40-38-36-34-32-30-14-12-10-8-6-4-2)44-60-51-49(55)50(63-64(56,57)58)48(54)46(42-52)62-51/h15-16,18-19,45-46,48-52,54-55H,3-14,17,20-44H2,1-2H3,(H,56,57,58)/b16-15-,19-18-. The van der Waals surface area contributed by atoms with Gasteiger partial charge in [0.1, 0.15) is 30.5 Å². The van der Waals surface area contributed by atoms with Gasteiger partial charge in [-0.1, -0.05) is 205 Å². The maximum absolute atomic E-state index is 12.8. The van der Waals surface area contributed by atoms with E-state index in [1.165, 1.54) is 161 Å². The van der Waals surface area contributed by atoms with Gasteiger partial charge in [-0.2, -0.15) is 8.42 Å². The van der Waals surface area contributed by atoms with E-state index < -0.39 is 59.8 Å². The van der Waals surface area contributed by atoms with E-state index in [4.69, 9.17) is 18.9 Å². The van der Waals surface area contributed by atoms with Crippen LogP contribution in [0.1, 0.15) is 232 Å². The summed E-state index contributed by atoms with van der Waals surface area (Å²) in [6.45, 7) is 4.00. The van der Waals surface area contributed by atoms with Gasteiger partial charge in [-0.25, -0.2) is 4.18 Å². The van der Waals surface area contributed by atoms with Crippen molar-refractivity contribution in [1.82, 2.24) is 0 Å². The van der Waals surface area contributed by atoms with Crippen LogP contribution in [0.4, 0.5) is 0 Å². The van der Waals surface area contributed by atoms with E-state index >= 15 is 0 Å². The third-order valence-corrected chi connectivity index (χ3v) is 12.5. The Morgan fingerprint density at radius 2 is 1.03 bits per heavy atom. The number of carbonyl (C=O) groups is 1. The molecule has 1 aliphatic heterocycles. The summed E-state index contributed by atoms with van der Waals surface area (Å²) < 4.78 is 59.2. The molecule has 1 rings (SSSR count). The molecule has 0 aromatic heterocycles. The van der Waals surface area contributed by atoms with Gasteiger partial charge in [-0.15, -0.1) is 0 Å². The molecule has 0 aromatic rings. The minimum absolute atomic E-state index is 0.0403. The third kappa shape index (κ3) is 35.7. The molecule has 64 heavy (non-hydrogen) atoms. The third-order valence-electron chi connectivity index (χ3n) is 12.1. The minimum atomic E-state index is -5.06. The number of aliphatic hydroxyl groups excluding tert-OH is 3. The van der Waals surface area contributed by atoms with Crippen LogP contribution in [0.15, 0.2) is 24.3 Å². The van der Waals surface area contributed by atoms with Crippen LogP contribution in [-0.4, -0.2) is 97.5 Å². The van der Waals surface area contributed by atoms with Crippen LogP contribution in [0.25, 0.3) is 0 Å². The van der Waals surface area contributed by atoms with Gasteiger partial charge in [0.25, 0.3) is 0 Å². The summed E-state index contributed by atoms with van der Waals surface area (Å²) >= 11 is 0. The average Bonchev–Trinajstić information content (AvgIpc) is 3.27. The Labute approximate surface area is 391 Å². The quantitative estimate of drug-likeness (QED) is 0.0197. The first-order chi connectivity index (χ1) is 31.1. The number of hydrogen-bond acceptors (Lipinski definition) is 11. The zero-order valence-corrected chi connectivity index (χ0v) is 41.4. The molecule has 0 saturated carbocycles. The van der Waals surface area contributed by atoms with Gasteiger partial charge < -0.3 is 34.3 Å². The molecule has 0 amide bonds. The van der Waals surface area contributed by atoms with Crippen molar-refractivity contribution in [2.24, 2.45) is 0 Å². The van der Waals surface area contributed by atoms with Crippen molar-refractivity contribution in [1.29, 1.82) is 0 Å². The molecule has 12 nitrogen and oxygen atoms in total. The fraction of sp³-hybridized carbons (Fsp3) is 0.902. The molecule has 0 spiro atoms. The zero-order chi connectivity index (χ0) is 46.8. The number of esters is 1. The molecule has 13 heteroatoms. The maximum Gasteiger partial charge on any atom is 0.397 e. The largest absolute Gasteiger partial charge is 0.457 e. The average molecular weight is 933 g/mol. The molecule has 6 atom stereocenters. The van der Waals surface area contributed by atoms with Gasteiger partial charge in [0.15, 0.2) is 6.29 Å². The van der Waals surface area contributed by atoms with E-state index in [0.29, 0.717) is 13.0 Å². The number of hydrogen-bond donors (Lipinski definition) is 4. The Hall–Kier alpha value is -1.42. The Morgan fingerprint density at radius 3 is 1.48 bits per heavy atom. The van der Waals surface area contributed by atoms with Gasteiger partial charge in [0.05, 0.1) is 19.8 Å². The van der Waals surface area contributed by atoms with Crippen LogP contribution in [0.3, 0.4) is 0 Å². The zero-order valence-electron chi connectivity index (χ0n) is 40.6. The number of carbonyl (C=O) groups excluding carboxylic acids is 1. The minimum Gasteiger partial charge on any atom is -0.457 e. The van der Waals surface area contributed by atoms with Crippen molar-refractivity contribution in [3.63, 3.8) is 0 Å². The Morgan fingerprint density at radius 1 is 0.594 bits per heavy atom. The molecule has 0 bridgehead atoms. The SMILES string of the molecule is CCCCCCC/C=C\C/C=C\CCCCCCCCCCCCCCCCOCC(COC1OC(CO)C(O)C(OS(=O)(=O)O)C1O)OC(=O)CCCCCCCCCCCCC. The molecule has 0 aliphatic carbocycles. The molecule has 0 aromatic carbocycles.